The Morgan fingerprint density at radius 3 is 2.83 bits per heavy atom. The molecule has 1 heterocycles. The molecule has 8 nitrogen and oxygen atoms in total. The quantitative estimate of drug-likeness (QED) is 0.636. The number of aliphatic hydroxyl groups excluding tert-OH is 1. The first-order chi connectivity index (χ1) is 13.9. The summed E-state index contributed by atoms with van der Waals surface area (Å²) in [7, 11) is 0. The molecule has 0 bridgehead atoms. The third-order valence-electron chi connectivity index (χ3n) is 4.08. The van der Waals surface area contributed by atoms with Gasteiger partial charge in [0.15, 0.2) is 5.82 Å². The minimum absolute atomic E-state index is 0.159. The second kappa shape index (κ2) is 8.97. The van der Waals surface area contributed by atoms with E-state index in [2.05, 4.69) is 20.8 Å². The van der Waals surface area contributed by atoms with Crippen molar-refractivity contribution in [2.24, 2.45) is 0 Å². The summed E-state index contributed by atoms with van der Waals surface area (Å²) in [6.07, 6.45) is -0.185. The van der Waals surface area contributed by atoms with E-state index in [0.29, 0.717) is 23.5 Å². The van der Waals surface area contributed by atoms with Gasteiger partial charge >= 0.3 is 6.09 Å². The Morgan fingerprint density at radius 1 is 1.34 bits per heavy atom. The maximum absolute atomic E-state index is 14.5. The van der Waals surface area contributed by atoms with Gasteiger partial charge in [-0.2, -0.15) is 4.68 Å². The van der Waals surface area contributed by atoms with E-state index in [0.717, 1.165) is 0 Å². The van der Waals surface area contributed by atoms with E-state index in [4.69, 9.17) is 21.4 Å². The minimum Gasteiger partial charge on any atom is -0.410 e. The lowest BCUT2D eigenvalue weighted by Crippen LogP contribution is -2.37. The van der Waals surface area contributed by atoms with Crippen molar-refractivity contribution in [2.75, 3.05) is 6.61 Å². The van der Waals surface area contributed by atoms with Crippen LogP contribution in [0.2, 0.25) is 5.02 Å². The molecule has 2 aromatic carbocycles. The van der Waals surface area contributed by atoms with E-state index < -0.39 is 18.0 Å². The van der Waals surface area contributed by atoms with Crippen molar-refractivity contribution in [3.05, 3.63) is 53.1 Å². The summed E-state index contributed by atoms with van der Waals surface area (Å²) < 4.78 is 21.3. The van der Waals surface area contributed by atoms with E-state index in [9.17, 15) is 9.18 Å². The maximum Gasteiger partial charge on any atom is 0.412 e. The molecule has 0 saturated heterocycles. The first-order valence-corrected chi connectivity index (χ1v) is 9.26. The molecule has 0 saturated carbocycles. The number of amides is 1. The van der Waals surface area contributed by atoms with Gasteiger partial charge in [0.25, 0.3) is 0 Å². The summed E-state index contributed by atoms with van der Waals surface area (Å²) in [6, 6.07) is 8.60. The van der Waals surface area contributed by atoms with Crippen LogP contribution in [-0.2, 0) is 6.42 Å². The number of aryl methyl sites for hydroxylation is 1. The molecule has 1 aromatic heterocycles. The van der Waals surface area contributed by atoms with Crippen molar-refractivity contribution in [3.63, 3.8) is 0 Å². The van der Waals surface area contributed by atoms with Crippen molar-refractivity contribution >= 4 is 17.7 Å². The molecule has 2 N–H and O–H groups in total. The standard InChI is InChI=1S/C19H19ClFN5O3/c1-3-18-23-24-25-26(18)14-6-12(16-5-4-13(20)8-17(16)21)7-15(9-14)29-19(28)22-11(2)10-27/h4-9,11,27H,3,10H2,1-2H3,(H,22,28)/t11-/m0/s1. The number of rotatable bonds is 6. The number of hydrogen-bond acceptors (Lipinski definition) is 6. The molecular weight excluding hydrogens is 401 g/mol. The van der Waals surface area contributed by atoms with E-state index in [1.165, 1.54) is 22.9 Å². The topological polar surface area (TPSA) is 102 Å². The van der Waals surface area contributed by atoms with E-state index in [-0.39, 0.29) is 22.9 Å². The van der Waals surface area contributed by atoms with Gasteiger partial charge in [0.1, 0.15) is 11.6 Å². The van der Waals surface area contributed by atoms with Crippen molar-refractivity contribution < 1.29 is 19.0 Å². The molecule has 0 unspecified atom stereocenters. The van der Waals surface area contributed by atoms with Gasteiger partial charge in [0.05, 0.1) is 18.3 Å². The SMILES string of the molecule is CCc1nnnn1-c1cc(OC(=O)N[C@@H](C)CO)cc(-c2ccc(Cl)cc2F)c1. The van der Waals surface area contributed by atoms with Gasteiger partial charge in [-0.15, -0.1) is 5.10 Å². The van der Waals surface area contributed by atoms with E-state index in [1.807, 2.05) is 6.92 Å². The number of aliphatic hydroxyl groups is 1. The summed E-state index contributed by atoms with van der Waals surface area (Å²) >= 11 is 5.85. The van der Waals surface area contributed by atoms with Gasteiger partial charge < -0.3 is 15.2 Å². The Labute approximate surface area is 171 Å². The first kappa shape index (κ1) is 20.7. The number of ether oxygens (including phenoxy) is 1. The molecular formula is C19H19ClFN5O3. The Balaban J connectivity index is 2.06. The van der Waals surface area contributed by atoms with Gasteiger partial charge in [-0.1, -0.05) is 18.5 Å². The van der Waals surface area contributed by atoms with Crippen molar-refractivity contribution in [3.8, 4) is 22.6 Å². The van der Waals surface area contributed by atoms with Crippen molar-refractivity contribution in [2.45, 2.75) is 26.3 Å². The highest BCUT2D eigenvalue weighted by Gasteiger charge is 2.15. The third-order valence-corrected chi connectivity index (χ3v) is 4.31. The molecule has 0 aliphatic heterocycles. The van der Waals surface area contributed by atoms with Crippen LogP contribution < -0.4 is 10.1 Å². The molecule has 0 aliphatic carbocycles. The van der Waals surface area contributed by atoms with Gasteiger partial charge in [0.2, 0.25) is 0 Å². The number of benzene rings is 2. The summed E-state index contributed by atoms with van der Waals surface area (Å²) in [5.74, 6) is 0.224. The molecule has 3 aromatic rings. The average Bonchev–Trinajstić information content (AvgIpc) is 3.16. The molecule has 0 fully saturated rings. The number of nitrogens with zero attached hydrogens (tertiary/aromatic N) is 4. The molecule has 10 heteroatoms. The highest BCUT2D eigenvalue weighted by molar-refractivity contribution is 6.30. The van der Waals surface area contributed by atoms with Gasteiger partial charge in [-0.05, 0) is 53.2 Å². The average molecular weight is 420 g/mol. The highest BCUT2D eigenvalue weighted by Crippen LogP contribution is 2.31. The number of hydrogen-bond donors (Lipinski definition) is 2. The second-order valence-electron chi connectivity index (χ2n) is 6.32. The summed E-state index contributed by atoms with van der Waals surface area (Å²) in [4.78, 5) is 12.1. The summed E-state index contributed by atoms with van der Waals surface area (Å²) in [6.45, 7) is 3.29. The number of carbonyl (C=O) groups excluding carboxylic acids is 1. The predicted molar refractivity (Wildman–Crippen MR) is 105 cm³/mol. The van der Waals surface area contributed by atoms with Crippen LogP contribution in [0.5, 0.6) is 5.75 Å². The minimum atomic E-state index is -0.751. The number of tetrazole rings is 1. The lowest BCUT2D eigenvalue weighted by atomic mass is 10.0. The van der Waals surface area contributed by atoms with Crippen LogP contribution in [0.1, 0.15) is 19.7 Å². The maximum atomic E-state index is 14.5. The lowest BCUT2D eigenvalue weighted by Gasteiger charge is -2.14. The summed E-state index contributed by atoms with van der Waals surface area (Å²) in [5, 5.41) is 23.4. The molecule has 0 spiro atoms. The Hall–Kier alpha value is -3.04. The fraction of sp³-hybridized carbons (Fsp3) is 0.263. The number of aromatic nitrogens is 4. The van der Waals surface area contributed by atoms with Crippen LogP contribution in [-0.4, -0.2) is 44.1 Å². The molecule has 0 radical (unpaired) electrons. The zero-order valence-corrected chi connectivity index (χ0v) is 16.5. The largest absolute Gasteiger partial charge is 0.412 e. The van der Waals surface area contributed by atoms with Gasteiger partial charge in [0, 0.05) is 23.1 Å². The Bertz CT molecular complexity index is 1030. The predicted octanol–water partition coefficient (Wildman–Crippen LogP) is 3.15. The number of nitrogens with one attached hydrogen (secondary N) is 1. The molecule has 152 valence electrons. The van der Waals surface area contributed by atoms with Crippen LogP contribution in [0.4, 0.5) is 9.18 Å². The zero-order valence-electron chi connectivity index (χ0n) is 15.8. The van der Waals surface area contributed by atoms with Crippen LogP contribution in [0.3, 0.4) is 0 Å². The highest BCUT2D eigenvalue weighted by atomic mass is 35.5. The zero-order chi connectivity index (χ0) is 21.0. The van der Waals surface area contributed by atoms with Crippen LogP contribution >= 0.6 is 11.6 Å². The molecule has 1 atom stereocenters. The molecule has 1 amide bonds. The van der Waals surface area contributed by atoms with E-state index >= 15 is 0 Å². The third kappa shape index (κ3) is 4.87. The monoisotopic (exact) mass is 419 g/mol. The Kier molecular flexibility index (Phi) is 6.40. The smallest absolute Gasteiger partial charge is 0.410 e. The molecule has 3 rings (SSSR count). The second-order valence-corrected chi connectivity index (χ2v) is 6.75. The fourth-order valence-corrected chi connectivity index (χ4v) is 2.81. The van der Waals surface area contributed by atoms with E-state index in [1.54, 1.807) is 25.1 Å². The van der Waals surface area contributed by atoms with Gasteiger partial charge in [-0.25, -0.2) is 9.18 Å². The van der Waals surface area contributed by atoms with Crippen LogP contribution in [0.15, 0.2) is 36.4 Å². The molecule has 0 aliphatic rings. The van der Waals surface area contributed by atoms with Crippen molar-refractivity contribution in [1.29, 1.82) is 0 Å². The number of carbonyl (C=O) groups is 1. The lowest BCUT2D eigenvalue weighted by molar-refractivity contribution is 0.186. The van der Waals surface area contributed by atoms with Crippen molar-refractivity contribution in [1.82, 2.24) is 25.5 Å². The summed E-state index contributed by atoms with van der Waals surface area (Å²) in [5.41, 5.74) is 1.22. The van der Waals surface area contributed by atoms with Gasteiger partial charge in [-0.3, -0.25) is 0 Å². The fourth-order valence-electron chi connectivity index (χ4n) is 2.65. The normalized spacial score (nSPS) is 11.9. The van der Waals surface area contributed by atoms with Crippen LogP contribution in [0, 0.1) is 5.82 Å². The Morgan fingerprint density at radius 2 is 2.14 bits per heavy atom. The number of halogens is 2. The first-order valence-electron chi connectivity index (χ1n) is 8.88. The molecule has 29 heavy (non-hydrogen) atoms. The van der Waals surface area contributed by atoms with Crippen LogP contribution in [0.25, 0.3) is 16.8 Å².